The number of aryl methyl sites for hydroxylation is 2. The van der Waals surface area contributed by atoms with Crippen molar-refractivity contribution in [3.63, 3.8) is 0 Å². The third-order valence-electron chi connectivity index (χ3n) is 4.36. The van der Waals surface area contributed by atoms with Crippen molar-refractivity contribution in [1.29, 1.82) is 0 Å². The zero-order chi connectivity index (χ0) is 16.2. The van der Waals surface area contributed by atoms with Gasteiger partial charge in [-0.05, 0) is 41.7 Å². The molecule has 0 saturated heterocycles. The molecule has 0 bridgehead atoms. The summed E-state index contributed by atoms with van der Waals surface area (Å²) in [5, 5.41) is 10.7. The lowest BCUT2D eigenvalue weighted by Gasteiger charge is -2.12. The molecule has 0 aliphatic carbocycles. The van der Waals surface area contributed by atoms with Crippen molar-refractivity contribution < 1.29 is 5.11 Å². The number of hydrogen-bond acceptors (Lipinski definition) is 1. The van der Waals surface area contributed by atoms with Gasteiger partial charge in [0, 0.05) is 12.8 Å². The second-order valence-electron chi connectivity index (χ2n) is 6.19. The number of rotatable bonds is 4. The number of phenolic OH excluding ortho intramolecular Hbond substituents is 1. The number of phenols is 1. The maximum atomic E-state index is 10.7. The third kappa shape index (κ3) is 3.62. The van der Waals surface area contributed by atoms with Crippen LogP contribution in [0.5, 0.6) is 5.75 Å². The van der Waals surface area contributed by atoms with E-state index >= 15 is 0 Å². The van der Waals surface area contributed by atoms with Crippen molar-refractivity contribution in [2.45, 2.75) is 26.7 Å². The smallest absolute Gasteiger partial charge is 0.122 e. The molecular weight excluding hydrogens is 280 g/mol. The Hall–Kier alpha value is -2.54. The molecular formula is C22H22O. The van der Waals surface area contributed by atoms with E-state index in [-0.39, 0.29) is 0 Å². The molecule has 1 N–H and O–H groups in total. The minimum absolute atomic E-state index is 0.427. The molecule has 1 heteroatoms. The fourth-order valence-electron chi connectivity index (χ4n) is 2.87. The van der Waals surface area contributed by atoms with Gasteiger partial charge in [0.05, 0.1) is 0 Å². The van der Waals surface area contributed by atoms with Crippen LogP contribution in [0.25, 0.3) is 0 Å². The maximum Gasteiger partial charge on any atom is 0.122 e. The fraction of sp³-hybridized carbons (Fsp3) is 0.182. The highest BCUT2D eigenvalue weighted by Crippen LogP contribution is 2.27. The van der Waals surface area contributed by atoms with Gasteiger partial charge < -0.3 is 5.11 Å². The first-order valence-corrected chi connectivity index (χ1v) is 8.03. The lowest BCUT2D eigenvalue weighted by molar-refractivity contribution is 0.463. The van der Waals surface area contributed by atoms with Gasteiger partial charge in [-0.1, -0.05) is 72.3 Å². The van der Waals surface area contributed by atoms with Crippen LogP contribution < -0.4 is 0 Å². The zero-order valence-corrected chi connectivity index (χ0v) is 13.7. The lowest BCUT2D eigenvalue weighted by Crippen LogP contribution is -1.96. The van der Waals surface area contributed by atoms with E-state index in [2.05, 4.69) is 56.3 Å². The number of para-hydroxylation sites is 1. The number of benzene rings is 3. The Morgan fingerprint density at radius 2 is 1.26 bits per heavy atom. The van der Waals surface area contributed by atoms with Crippen LogP contribution in [-0.4, -0.2) is 5.11 Å². The molecule has 3 aromatic carbocycles. The Balaban J connectivity index is 1.86. The molecule has 0 spiro atoms. The predicted molar refractivity (Wildman–Crippen MR) is 96.1 cm³/mol. The van der Waals surface area contributed by atoms with E-state index in [0.29, 0.717) is 5.75 Å². The van der Waals surface area contributed by atoms with E-state index in [4.69, 9.17) is 0 Å². The molecule has 0 atom stereocenters. The summed E-state index contributed by atoms with van der Waals surface area (Å²) in [6.07, 6.45) is 1.52. The molecule has 23 heavy (non-hydrogen) atoms. The van der Waals surface area contributed by atoms with Crippen molar-refractivity contribution in [3.05, 3.63) is 100 Å². The minimum atomic E-state index is 0.427. The largest absolute Gasteiger partial charge is 0.507 e. The number of hydrogen-bond donors (Lipinski definition) is 1. The SMILES string of the molecule is Cc1ccc(Cc2cccc(Cc3ccccc3C)c2O)cc1. The molecule has 0 aliphatic rings. The molecule has 3 rings (SSSR count). The van der Waals surface area contributed by atoms with Crippen molar-refractivity contribution in [2.75, 3.05) is 0 Å². The van der Waals surface area contributed by atoms with Crippen molar-refractivity contribution in [2.24, 2.45) is 0 Å². The number of aromatic hydroxyl groups is 1. The lowest BCUT2D eigenvalue weighted by atomic mass is 9.96. The van der Waals surface area contributed by atoms with Gasteiger partial charge in [0.25, 0.3) is 0 Å². The average Bonchev–Trinajstić information content (AvgIpc) is 2.55. The first-order valence-electron chi connectivity index (χ1n) is 8.03. The predicted octanol–water partition coefficient (Wildman–Crippen LogP) is 5.19. The first kappa shape index (κ1) is 15.4. The van der Waals surface area contributed by atoms with Gasteiger partial charge in [-0.3, -0.25) is 0 Å². The van der Waals surface area contributed by atoms with Gasteiger partial charge >= 0.3 is 0 Å². The minimum Gasteiger partial charge on any atom is -0.507 e. The van der Waals surface area contributed by atoms with Gasteiger partial charge in [0.2, 0.25) is 0 Å². The summed E-state index contributed by atoms with van der Waals surface area (Å²) in [7, 11) is 0. The molecule has 0 aromatic heterocycles. The van der Waals surface area contributed by atoms with Gasteiger partial charge in [0.1, 0.15) is 5.75 Å². The van der Waals surface area contributed by atoms with Crippen molar-refractivity contribution >= 4 is 0 Å². The summed E-state index contributed by atoms with van der Waals surface area (Å²) < 4.78 is 0. The summed E-state index contributed by atoms with van der Waals surface area (Å²) >= 11 is 0. The molecule has 0 heterocycles. The molecule has 0 aliphatic heterocycles. The van der Waals surface area contributed by atoms with Gasteiger partial charge in [-0.25, -0.2) is 0 Å². The molecule has 3 aromatic rings. The van der Waals surface area contributed by atoms with E-state index in [1.807, 2.05) is 24.3 Å². The van der Waals surface area contributed by atoms with Crippen molar-refractivity contribution in [1.82, 2.24) is 0 Å². The van der Waals surface area contributed by atoms with Gasteiger partial charge in [0.15, 0.2) is 0 Å². The van der Waals surface area contributed by atoms with Crippen LogP contribution in [0.15, 0.2) is 66.7 Å². The molecule has 0 fully saturated rings. The molecule has 0 unspecified atom stereocenters. The summed E-state index contributed by atoms with van der Waals surface area (Å²) in [4.78, 5) is 0. The Bertz CT molecular complexity index is 800. The Labute approximate surface area is 138 Å². The van der Waals surface area contributed by atoms with Crippen LogP contribution in [0.2, 0.25) is 0 Å². The highest BCUT2D eigenvalue weighted by atomic mass is 16.3. The quantitative estimate of drug-likeness (QED) is 0.703. The Kier molecular flexibility index (Phi) is 4.47. The summed E-state index contributed by atoms with van der Waals surface area (Å²) in [6, 6.07) is 22.9. The van der Waals surface area contributed by atoms with Gasteiger partial charge in [-0.15, -0.1) is 0 Å². The van der Waals surface area contributed by atoms with E-state index in [0.717, 1.165) is 24.0 Å². The molecule has 0 radical (unpaired) electrons. The standard InChI is InChI=1S/C22H22O/c1-16-10-12-18(13-11-16)14-20-8-5-9-21(22(20)23)15-19-7-4-3-6-17(19)2/h3-13,23H,14-15H2,1-2H3. The summed E-state index contributed by atoms with van der Waals surface area (Å²) in [5.41, 5.74) is 6.97. The molecule has 116 valence electrons. The highest BCUT2D eigenvalue weighted by molar-refractivity contribution is 5.46. The monoisotopic (exact) mass is 302 g/mol. The van der Waals surface area contributed by atoms with E-state index in [1.54, 1.807) is 0 Å². The van der Waals surface area contributed by atoms with Crippen LogP contribution in [0.3, 0.4) is 0 Å². The van der Waals surface area contributed by atoms with Crippen molar-refractivity contribution in [3.8, 4) is 5.75 Å². The van der Waals surface area contributed by atoms with Crippen LogP contribution in [-0.2, 0) is 12.8 Å². The van der Waals surface area contributed by atoms with Crippen LogP contribution in [0, 0.1) is 13.8 Å². The highest BCUT2D eigenvalue weighted by Gasteiger charge is 2.09. The molecule has 1 nitrogen and oxygen atoms in total. The average molecular weight is 302 g/mol. The normalized spacial score (nSPS) is 10.7. The van der Waals surface area contributed by atoms with E-state index in [1.165, 1.54) is 22.3 Å². The second-order valence-corrected chi connectivity index (χ2v) is 6.19. The molecule has 0 amide bonds. The summed E-state index contributed by atoms with van der Waals surface area (Å²) in [6.45, 7) is 4.20. The van der Waals surface area contributed by atoms with Crippen LogP contribution >= 0.6 is 0 Å². The zero-order valence-electron chi connectivity index (χ0n) is 13.7. The Morgan fingerprint density at radius 1 is 0.652 bits per heavy atom. The van der Waals surface area contributed by atoms with E-state index < -0.39 is 0 Å². The second kappa shape index (κ2) is 6.70. The third-order valence-corrected chi connectivity index (χ3v) is 4.36. The summed E-state index contributed by atoms with van der Waals surface area (Å²) in [5.74, 6) is 0.427. The topological polar surface area (TPSA) is 20.2 Å². The van der Waals surface area contributed by atoms with Crippen LogP contribution in [0.1, 0.15) is 33.4 Å². The first-order chi connectivity index (χ1) is 11.1. The Morgan fingerprint density at radius 3 is 1.96 bits per heavy atom. The van der Waals surface area contributed by atoms with Gasteiger partial charge in [-0.2, -0.15) is 0 Å². The fourth-order valence-corrected chi connectivity index (χ4v) is 2.87. The van der Waals surface area contributed by atoms with E-state index in [9.17, 15) is 5.11 Å². The van der Waals surface area contributed by atoms with Crippen LogP contribution in [0.4, 0.5) is 0 Å². The molecule has 0 saturated carbocycles. The maximum absolute atomic E-state index is 10.7.